The molecule has 0 bridgehead atoms. The van der Waals surface area contributed by atoms with E-state index in [9.17, 15) is 0 Å². The predicted molar refractivity (Wildman–Crippen MR) is 76.9 cm³/mol. The molecule has 2 rings (SSSR count). The smallest absolute Gasteiger partial charge is 0.165 e. The summed E-state index contributed by atoms with van der Waals surface area (Å²) in [6.07, 6.45) is 2.42. The van der Waals surface area contributed by atoms with E-state index in [1.165, 1.54) is 25.9 Å². The molecule has 4 heteroatoms. The standard InChI is InChI=1S/C15H24N2O2/c1-17-9-7-13(8-10-17)16-11-12-5-4-6-14(18-2)15(12)19-3/h4-6,13,16H,7-11H2,1-3H3. The number of rotatable bonds is 5. The van der Waals surface area contributed by atoms with E-state index in [-0.39, 0.29) is 0 Å². The topological polar surface area (TPSA) is 33.7 Å². The molecule has 0 aromatic heterocycles. The van der Waals surface area contributed by atoms with Crippen molar-refractivity contribution in [1.82, 2.24) is 10.2 Å². The van der Waals surface area contributed by atoms with Crippen molar-refractivity contribution in [3.63, 3.8) is 0 Å². The highest BCUT2D eigenvalue weighted by atomic mass is 16.5. The van der Waals surface area contributed by atoms with Crippen LogP contribution >= 0.6 is 0 Å². The van der Waals surface area contributed by atoms with Gasteiger partial charge in [-0.25, -0.2) is 0 Å². The van der Waals surface area contributed by atoms with Crippen molar-refractivity contribution in [2.24, 2.45) is 0 Å². The normalized spacial score (nSPS) is 17.4. The first-order valence-corrected chi connectivity index (χ1v) is 6.86. The number of para-hydroxylation sites is 1. The van der Waals surface area contributed by atoms with Gasteiger partial charge >= 0.3 is 0 Å². The minimum atomic E-state index is 0.604. The molecule has 0 atom stereocenters. The summed E-state index contributed by atoms with van der Waals surface area (Å²) in [6, 6.07) is 6.63. The minimum Gasteiger partial charge on any atom is -0.493 e. The number of benzene rings is 1. The average Bonchev–Trinajstić information content (AvgIpc) is 2.46. The van der Waals surface area contributed by atoms with Crippen LogP contribution in [0.1, 0.15) is 18.4 Å². The minimum absolute atomic E-state index is 0.604. The van der Waals surface area contributed by atoms with E-state index >= 15 is 0 Å². The van der Waals surface area contributed by atoms with E-state index in [4.69, 9.17) is 9.47 Å². The highest BCUT2D eigenvalue weighted by Gasteiger charge is 2.17. The van der Waals surface area contributed by atoms with Crippen molar-refractivity contribution < 1.29 is 9.47 Å². The molecule has 0 unspecified atom stereocenters. The molecule has 0 radical (unpaired) electrons. The van der Waals surface area contributed by atoms with Crippen LogP contribution in [0.5, 0.6) is 11.5 Å². The van der Waals surface area contributed by atoms with Gasteiger partial charge in [-0.3, -0.25) is 0 Å². The molecule has 1 aliphatic rings. The molecule has 4 nitrogen and oxygen atoms in total. The van der Waals surface area contributed by atoms with Gasteiger partial charge in [-0.15, -0.1) is 0 Å². The van der Waals surface area contributed by atoms with Crippen molar-refractivity contribution >= 4 is 0 Å². The third-order valence-electron chi connectivity index (χ3n) is 3.78. The largest absolute Gasteiger partial charge is 0.493 e. The zero-order valence-electron chi connectivity index (χ0n) is 12.1. The van der Waals surface area contributed by atoms with Crippen LogP contribution in [0.25, 0.3) is 0 Å². The van der Waals surface area contributed by atoms with Crippen molar-refractivity contribution in [2.75, 3.05) is 34.4 Å². The molecule has 0 saturated carbocycles. The second kappa shape index (κ2) is 6.78. The third kappa shape index (κ3) is 3.61. The maximum Gasteiger partial charge on any atom is 0.165 e. The molecule has 0 spiro atoms. The first kappa shape index (κ1) is 14.2. The molecular weight excluding hydrogens is 240 g/mol. The molecular formula is C15H24N2O2. The molecule has 0 aliphatic carbocycles. The molecule has 0 amide bonds. The molecule has 1 N–H and O–H groups in total. The quantitative estimate of drug-likeness (QED) is 0.880. The monoisotopic (exact) mass is 264 g/mol. The van der Waals surface area contributed by atoms with E-state index in [1.54, 1.807) is 14.2 Å². The molecule has 1 aliphatic heterocycles. The second-order valence-electron chi connectivity index (χ2n) is 5.11. The predicted octanol–water partition coefficient (Wildman–Crippen LogP) is 1.89. The van der Waals surface area contributed by atoms with Gasteiger partial charge in [0.15, 0.2) is 11.5 Å². The van der Waals surface area contributed by atoms with E-state index in [1.807, 2.05) is 12.1 Å². The lowest BCUT2D eigenvalue weighted by Crippen LogP contribution is -2.40. The van der Waals surface area contributed by atoms with Crippen LogP contribution in [0.3, 0.4) is 0 Å². The lowest BCUT2D eigenvalue weighted by Gasteiger charge is -2.29. The highest BCUT2D eigenvalue weighted by Crippen LogP contribution is 2.30. The van der Waals surface area contributed by atoms with Crippen molar-refractivity contribution in [3.8, 4) is 11.5 Å². The Balaban J connectivity index is 1.95. The summed E-state index contributed by atoms with van der Waals surface area (Å²) in [5, 5.41) is 3.62. The number of nitrogens with one attached hydrogen (secondary N) is 1. The fourth-order valence-electron chi connectivity index (χ4n) is 2.56. The zero-order valence-corrected chi connectivity index (χ0v) is 12.1. The van der Waals surface area contributed by atoms with Crippen LogP contribution in [-0.2, 0) is 6.54 Å². The summed E-state index contributed by atoms with van der Waals surface area (Å²) in [5.74, 6) is 1.63. The Morgan fingerprint density at radius 1 is 1.21 bits per heavy atom. The fourth-order valence-corrected chi connectivity index (χ4v) is 2.56. The fraction of sp³-hybridized carbons (Fsp3) is 0.600. The maximum atomic E-state index is 5.45. The Morgan fingerprint density at radius 3 is 2.58 bits per heavy atom. The number of ether oxygens (including phenoxy) is 2. The summed E-state index contributed by atoms with van der Waals surface area (Å²) >= 11 is 0. The summed E-state index contributed by atoms with van der Waals surface area (Å²) in [7, 11) is 5.55. The van der Waals surface area contributed by atoms with Gasteiger partial charge in [-0.05, 0) is 39.0 Å². The van der Waals surface area contributed by atoms with E-state index in [0.29, 0.717) is 6.04 Å². The molecule has 1 fully saturated rings. The van der Waals surface area contributed by atoms with Crippen LogP contribution in [0.15, 0.2) is 18.2 Å². The number of methoxy groups -OCH3 is 2. The Morgan fingerprint density at radius 2 is 1.95 bits per heavy atom. The van der Waals surface area contributed by atoms with Gasteiger partial charge in [0.2, 0.25) is 0 Å². The average molecular weight is 264 g/mol. The number of nitrogens with zero attached hydrogens (tertiary/aromatic N) is 1. The van der Waals surface area contributed by atoms with Crippen LogP contribution in [-0.4, -0.2) is 45.3 Å². The van der Waals surface area contributed by atoms with E-state index < -0.39 is 0 Å². The summed E-state index contributed by atoms with van der Waals surface area (Å²) in [4.78, 5) is 2.38. The van der Waals surface area contributed by atoms with Crippen LogP contribution in [0.2, 0.25) is 0 Å². The van der Waals surface area contributed by atoms with Crippen molar-refractivity contribution in [2.45, 2.75) is 25.4 Å². The third-order valence-corrected chi connectivity index (χ3v) is 3.78. The number of hydrogen-bond acceptors (Lipinski definition) is 4. The van der Waals surface area contributed by atoms with E-state index in [2.05, 4.69) is 23.3 Å². The van der Waals surface area contributed by atoms with Gasteiger partial charge in [0.1, 0.15) is 0 Å². The molecule has 1 saturated heterocycles. The first-order chi connectivity index (χ1) is 9.24. The lowest BCUT2D eigenvalue weighted by molar-refractivity contribution is 0.233. The summed E-state index contributed by atoms with van der Waals surface area (Å²) in [5.41, 5.74) is 1.15. The van der Waals surface area contributed by atoms with Gasteiger partial charge in [0.05, 0.1) is 14.2 Å². The van der Waals surface area contributed by atoms with Gasteiger partial charge in [0, 0.05) is 18.2 Å². The first-order valence-electron chi connectivity index (χ1n) is 6.86. The van der Waals surface area contributed by atoms with Gasteiger partial charge in [-0.1, -0.05) is 12.1 Å². The van der Waals surface area contributed by atoms with Crippen molar-refractivity contribution in [3.05, 3.63) is 23.8 Å². The number of likely N-dealkylation sites (tertiary alicyclic amines) is 1. The molecule has 106 valence electrons. The lowest BCUT2D eigenvalue weighted by atomic mass is 10.0. The van der Waals surface area contributed by atoms with Gasteiger partial charge < -0.3 is 19.7 Å². The highest BCUT2D eigenvalue weighted by molar-refractivity contribution is 5.46. The Hall–Kier alpha value is -1.26. The van der Waals surface area contributed by atoms with Gasteiger partial charge in [0.25, 0.3) is 0 Å². The van der Waals surface area contributed by atoms with Crippen molar-refractivity contribution in [1.29, 1.82) is 0 Å². The van der Waals surface area contributed by atoms with Crippen LogP contribution in [0.4, 0.5) is 0 Å². The summed E-state index contributed by atoms with van der Waals surface area (Å²) in [6.45, 7) is 3.18. The second-order valence-corrected chi connectivity index (χ2v) is 5.11. The SMILES string of the molecule is COc1cccc(CNC2CCN(C)CC2)c1OC. The summed E-state index contributed by atoms with van der Waals surface area (Å²) < 4.78 is 10.8. The Bertz CT molecular complexity index is 401. The molecule has 1 heterocycles. The molecule has 1 aromatic carbocycles. The van der Waals surface area contributed by atoms with Crippen LogP contribution in [0, 0.1) is 0 Å². The Labute approximate surface area is 115 Å². The number of hydrogen-bond donors (Lipinski definition) is 1. The van der Waals surface area contributed by atoms with E-state index in [0.717, 1.165) is 23.6 Å². The van der Waals surface area contributed by atoms with Gasteiger partial charge in [-0.2, -0.15) is 0 Å². The maximum absolute atomic E-state index is 5.45. The molecule has 1 aromatic rings. The Kier molecular flexibility index (Phi) is 5.05. The molecule has 19 heavy (non-hydrogen) atoms. The van der Waals surface area contributed by atoms with Crippen LogP contribution < -0.4 is 14.8 Å². The number of piperidine rings is 1. The zero-order chi connectivity index (χ0) is 13.7.